The van der Waals surface area contributed by atoms with Gasteiger partial charge in [-0.25, -0.2) is 4.98 Å². The highest BCUT2D eigenvalue weighted by Crippen LogP contribution is 2.32. The average Bonchev–Trinajstić information content (AvgIpc) is 3.22. The molecular formula is C15H14F3N5OS. The van der Waals surface area contributed by atoms with Gasteiger partial charge in [0, 0.05) is 6.54 Å². The van der Waals surface area contributed by atoms with Crippen molar-refractivity contribution in [1.29, 1.82) is 0 Å². The molecule has 0 aromatic carbocycles. The largest absolute Gasteiger partial charge is 0.433 e. The van der Waals surface area contributed by atoms with E-state index in [0.29, 0.717) is 15.9 Å². The van der Waals surface area contributed by atoms with Gasteiger partial charge < -0.3 is 5.32 Å². The Morgan fingerprint density at radius 3 is 2.80 bits per heavy atom. The molecule has 0 atom stereocenters. The summed E-state index contributed by atoms with van der Waals surface area (Å²) >= 11 is 1.26. The Balaban J connectivity index is 2.06. The topological polar surface area (TPSA) is 72.2 Å². The molecule has 3 aromatic heterocycles. The SMILES string of the molecule is CCCCNC(=O)c1nc2nc(-c3cccs3)cc(C(F)(F)F)n2n1. The standard InChI is InChI=1S/C15H14F3N5OS/c1-2-3-6-19-13(24)12-21-14-20-9(10-5-4-7-25-10)8-11(15(16,17)18)23(14)22-12/h4-5,7-8H,2-3,6H2,1H3,(H,19,24). The van der Waals surface area contributed by atoms with E-state index in [2.05, 4.69) is 20.4 Å². The molecule has 3 rings (SSSR count). The maximum Gasteiger partial charge on any atom is 0.433 e. The van der Waals surface area contributed by atoms with Crippen molar-refractivity contribution >= 4 is 23.0 Å². The molecule has 0 saturated carbocycles. The lowest BCUT2D eigenvalue weighted by Crippen LogP contribution is -2.25. The minimum atomic E-state index is -4.66. The number of thiophene rings is 1. The zero-order valence-corrected chi connectivity index (χ0v) is 14.0. The predicted molar refractivity (Wildman–Crippen MR) is 86.3 cm³/mol. The zero-order chi connectivity index (χ0) is 18.0. The first-order chi connectivity index (χ1) is 11.9. The number of hydrogen-bond donors (Lipinski definition) is 1. The van der Waals surface area contributed by atoms with Crippen LogP contribution in [0.2, 0.25) is 0 Å². The molecule has 0 radical (unpaired) electrons. The summed E-state index contributed by atoms with van der Waals surface area (Å²) in [5.41, 5.74) is -0.888. The van der Waals surface area contributed by atoms with Crippen molar-refractivity contribution in [3.63, 3.8) is 0 Å². The normalized spacial score (nSPS) is 11.8. The van der Waals surface area contributed by atoms with Crippen LogP contribution in [0.4, 0.5) is 13.2 Å². The number of hydrogen-bond acceptors (Lipinski definition) is 5. The first-order valence-electron chi connectivity index (χ1n) is 7.57. The van der Waals surface area contributed by atoms with E-state index in [0.717, 1.165) is 18.9 Å². The van der Waals surface area contributed by atoms with Crippen LogP contribution in [0.25, 0.3) is 16.3 Å². The van der Waals surface area contributed by atoms with Crippen molar-refractivity contribution in [2.45, 2.75) is 25.9 Å². The molecule has 1 amide bonds. The lowest BCUT2D eigenvalue weighted by Gasteiger charge is -2.09. The van der Waals surface area contributed by atoms with Gasteiger partial charge in [-0.1, -0.05) is 19.4 Å². The number of rotatable bonds is 5. The minimum absolute atomic E-state index is 0.139. The molecule has 0 saturated heterocycles. The van der Waals surface area contributed by atoms with E-state index in [4.69, 9.17) is 0 Å². The zero-order valence-electron chi connectivity index (χ0n) is 13.2. The summed E-state index contributed by atoms with van der Waals surface area (Å²) in [6.45, 7) is 2.37. The Labute approximate surface area is 144 Å². The summed E-state index contributed by atoms with van der Waals surface area (Å²) in [6, 6.07) is 4.29. The quantitative estimate of drug-likeness (QED) is 0.700. The second kappa shape index (κ2) is 6.79. The van der Waals surface area contributed by atoms with Crippen LogP contribution in [-0.4, -0.2) is 32.0 Å². The Hall–Kier alpha value is -2.49. The van der Waals surface area contributed by atoms with Gasteiger partial charge in [0.15, 0.2) is 5.69 Å². The van der Waals surface area contributed by atoms with Crippen LogP contribution in [0, 0.1) is 0 Å². The Bertz CT molecular complexity index is 889. The summed E-state index contributed by atoms with van der Waals surface area (Å²) in [4.78, 5) is 20.6. The monoisotopic (exact) mass is 369 g/mol. The van der Waals surface area contributed by atoms with Crippen molar-refractivity contribution < 1.29 is 18.0 Å². The van der Waals surface area contributed by atoms with Crippen molar-refractivity contribution in [2.75, 3.05) is 6.54 Å². The average molecular weight is 369 g/mol. The van der Waals surface area contributed by atoms with Crippen LogP contribution in [0.5, 0.6) is 0 Å². The van der Waals surface area contributed by atoms with Crippen molar-refractivity contribution in [3.8, 4) is 10.6 Å². The van der Waals surface area contributed by atoms with E-state index in [1.54, 1.807) is 17.5 Å². The Morgan fingerprint density at radius 2 is 2.16 bits per heavy atom. The third-order valence-electron chi connectivity index (χ3n) is 3.40. The molecule has 0 spiro atoms. The summed E-state index contributed by atoms with van der Waals surface area (Å²) in [6.07, 6.45) is -3.02. The lowest BCUT2D eigenvalue weighted by molar-refractivity contribution is -0.142. The lowest BCUT2D eigenvalue weighted by atomic mass is 10.3. The molecule has 1 N–H and O–H groups in total. The van der Waals surface area contributed by atoms with Gasteiger partial charge >= 0.3 is 6.18 Å². The molecule has 0 bridgehead atoms. The first kappa shape index (κ1) is 17.3. The van der Waals surface area contributed by atoms with Gasteiger partial charge in [-0.15, -0.1) is 16.4 Å². The number of alkyl halides is 3. The third-order valence-corrected chi connectivity index (χ3v) is 4.29. The molecule has 0 aliphatic heterocycles. The highest BCUT2D eigenvalue weighted by Gasteiger charge is 2.36. The van der Waals surface area contributed by atoms with Gasteiger partial charge in [-0.2, -0.15) is 22.7 Å². The molecular weight excluding hydrogens is 355 g/mol. The molecule has 3 heterocycles. The van der Waals surface area contributed by atoms with Crippen LogP contribution in [0.1, 0.15) is 36.1 Å². The van der Waals surface area contributed by atoms with Gasteiger partial charge in [-0.3, -0.25) is 4.79 Å². The number of unbranched alkanes of at least 4 members (excludes halogenated alkanes) is 1. The van der Waals surface area contributed by atoms with Crippen molar-refractivity contribution in [1.82, 2.24) is 24.9 Å². The van der Waals surface area contributed by atoms with E-state index >= 15 is 0 Å². The molecule has 3 aromatic rings. The fourth-order valence-electron chi connectivity index (χ4n) is 2.17. The Kier molecular flexibility index (Phi) is 4.71. The Morgan fingerprint density at radius 1 is 1.36 bits per heavy atom. The van der Waals surface area contributed by atoms with Gasteiger partial charge in [-0.05, 0) is 23.9 Å². The molecule has 0 unspecified atom stereocenters. The predicted octanol–water partition coefficient (Wildman–Crippen LogP) is 3.40. The number of fused-ring (bicyclic) bond motifs is 1. The highest BCUT2D eigenvalue weighted by atomic mass is 32.1. The summed E-state index contributed by atoms with van der Waals surface area (Å²) in [5, 5.41) is 8.01. The number of nitrogens with one attached hydrogen (secondary N) is 1. The maximum atomic E-state index is 13.4. The number of carbonyl (C=O) groups is 1. The van der Waals surface area contributed by atoms with Crippen molar-refractivity contribution in [3.05, 3.63) is 35.1 Å². The van der Waals surface area contributed by atoms with Gasteiger partial charge in [0.1, 0.15) is 0 Å². The maximum absolute atomic E-state index is 13.4. The number of nitrogens with zero attached hydrogens (tertiary/aromatic N) is 4. The molecule has 0 fully saturated rings. The van der Waals surface area contributed by atoms with Crippen LogP contribution < -0.4 is 5.32 Å². The van der Waals surface area contributed by atoms with Gasteiger partial charge in [0.2, 0.25) is 5.82 Å². The fourth-order valence-corrected chi connectivity index (χ4v) is 2.86. The van der Waals surface area contributed by atoms with E-state index in [9.17, 15) is 18.0 Å². The molecule has 0 aliphatic carbocycles. The number of carbonyl (C=O) groups excluding carboxylic acids is 1. The highest BCUT2D eigenvalue weighted by molar-refractivity contribution is 7.13. The number of aromatic nitrogens is 4. The molecule has 10 heteroatoms. The van der Waals surface area contributed by atoms with E-state index in [-0.39, 0.29) is 17.3 Å². The second-order valence-electron chi connectivity index (χ2n) is 5.26. The first-order valence-corrected chi connectivity index (χ1v) is 8.45. The smallest absolute Gasteiger partial charge is 0.349 e. The van der Waals surface area contributed by atoms with E-state index in [1.807, 2.05) is 6.92 Å². The number of halogens is 3. The van der Waals surface area contributed by atoms with Crippen LogP contribution >= 0.6 is 11.3 Å². The third kappa shape index (κ3) is 3.63. The van der Waals surface area contributed by atoms with E-state index < -0.39 is 17.8 Å². The fraction of sp³-hybridized carbons (Fsp3) is 0.333. The second-order valence-corrected chi connectivity index (χ2v) is 6.21. The summed E-state index contributed by atoms with van der Waals surface area (Å²) in [7, 11) is 0. The number of amides is 1. The molecule has 0 aliphatic rings. The van der Waals surface area contributed by atoms with Crippen LogP contribution in [-0.2, 0) is 6.18 Å². The van der Waals surface area contributed by atoms with Gasteiger partial charge in [0.05, 0.1) is 10.6 Å². The minimum Gasteiger partial charge on any atom is -0.349 e. The summed E-state index contributed by atoms with van der Waals surface area (Å²) < 4.78 is 40.7. The summed E-state index contributed by atoms with van der Waals surface area (Å²) in [5.74, 6) is -1.22. The molecule has 25 heavy (non-hydrogen) atoms. The van der Waals surface area contributed by atoms with Crippen LogP contribution in [0.15, 0.2) is 23.6 Å². The van der Waals surface area contributed by atoms with E-state index in [1.165, 1.54) is 11.3 Å². The molecule has 132 valence electrons. The van der Waals surface area contributed by atoms with Crippen LogP contribution in [0.3, 0.4) is 0 Å². The molecule has 6 nitrogen and oxygen atoms in total. The van der Waals surface area contributed by atoms with Gasteiger partial charge in [0.25, 0.3) is 11.7 Å². The van der Waals surface area contributed by atoms with Crippen molar-refractivity contribution in [2.24, 2.45) is 0 Å².